The maximum absolute atomic E-state index is 12.0. The largest absolute Gasteiger partial charge is 0.307 e. The minimum atomic E-state index is 0.211. The van der Waals surface area contributed by atoms with Crippen LogP contribution < -0.4 is 5.32 Å². The highest BCUT2D eigenvalue weighted by Crippen LogP contribution is 2.17. The number of carbonyl (C=O) groups is 1. The van der Waals surface area contributed by atoms with Crippen molar-refractivity contribution in [2.45, 2.75) is 51.5 Å². The Kier molecular flexibility index (Phi) is 4.94. The molecule has 2 nitrogen and oxygen atoms in total. The Bertz CT molecular complexity index is 377. The predicted octanol–water partition coefficient (Wildman–Crippen LogP) is 3.35. The van der Waals surface area contributed by atoms with E-state index < -0.39 is 0 Å². The van der Waals surface area contributed by atoms with Crippen molar-refractivity contribution in [1.82, 2.24) is 5.32 Å². The van der Waals surface area contributed by atoms with Gasteiger partial charge in [0, 0.05) is 11.6 Å². The van der Waals surface area contributed by atoms with Crippen molar-refractivity contribution in [1.29, 1.82) is 0 Å². The lowest BCUT2D eigenvalue weighted by atomic mass is 9.95. The first kappa shape index (κ1) is 13.3. The van der Waals surface area contributed by atoms with Gasteiger partial charge in [0.05, 0.1) is 6.54 Å². The van der Waals surface area contributed by atoms with Crippen molar-refractivity contribution in [2.24, 2.45) is 0 Å². The first-order valence-corrected chi connectivity index (χ1v) is 7.15. The number of rotatable bonds is 5. The van der Waals surface area contributed by atoms with Crippen LogP contribution in [-0.2, 0) is 6.42 Å². The molecular weight excluding hydrogens is 222 g/mol. The number of hydrogen-bond donors (Lipinski definition) is 1. The molecule has 1 aromatic carbocycles. The molecule has 0 bridgehead atoms. The molecule has 2 heteroatoms. The summed E-state index contributed by atoms with van der Waals surface area (Å²) in [5.41, 5.74) is 2.11. The van der Waals surface area contributed by atoms with Gasteiger partial charge in [0.25, 0.3) is 0 Å². The zero-order valence-electron chi connectivity index (χ0n) is 11.2. The Labute approximate surface area is 110 Å². The lowest BCUT2D eigenvalue weighted by Crippen LogP contribution is -2.35. The molecule has 1 aliphatic rings. The first-order valence-electron chi connectivity index (χ1n) is 7.15. The summed E-state index contributed by atoms with van der Waals surface area (Å²) < 4.78 is 0. The van der Waals surface area contributed by atoms with Crippen LogP contribution in [0.3, 0.4) is 0 Å². The number of nitrogens with one attached hydrogen (secondary N) is 1. The topological polar surface area (TPSA) is 29.1 Å². The molecule has 2 rings (SSSR count). The average Bonchev–Trinajstić information content (AvgIpc) is 2.46. The van der Waals surface area contributed by atoms with Crippen LogP contribution in [0.15, 0.2) is 24.3 Å². The fourth-order valence-electron chi connectivity index (χ4n) is 2.57. The number of benzene rings is 1. The molecule has 0 saturated heterocycles. The molecule has 0 atom stereocenters. The molecule has 1 saturated carbocycles. The van der Waals surface area contributed by atoms with Gasteiger partial charge in [-0.15, -0.1) is 0 Å². The summed E-state index contributed by atoms with van der Waals surface area (Å²) in [5.74, 6) is 0.211. The van der Waals surface area contributed by atoms with Gasteiger partial charge in [-0.1, -0.05) is 50.5 Å². The van der Waals surface area contributed by atoms with E-state index in [9.17, 15) is 4.79 Å². The summed E-state index contributed by atoms with van der Waals surface area (Å²) >= 11 is 0. The average molecular weight is 245 g/mol. The second-order valence-corrected chi connectivity index (χ2v) is 5.19. The first-order chi connectivity index (χ1) is 8.79. The molecule has 0 spiro atoms. The van der Waals surface area contributed by atoms with Crippen LogP contribution in [-0.4, -0.2) is 18.4 Å². The summed E-state index contributed by atoms with van der Waals surface area (Å²) in [7, 11) is 0. The summed E-state index contributed by atoms with van der Waals surface area (Å²) in [6, 6.07) is 8.55. The summed E-state index contributed by atoms with van der Waals surface area (Å²) in [6.07, 6.45) is 7.43. The minimum absolute atomic E-state index is 0.211. The van der Waals surface area contributed by atoms with Gasteiger partial charge in [-0.25, -0.2) is 0 Å². The summed E-state index contributed by atoms with van der Waals surface area (Å²) in [4.78, 5) is 12.0. The van der Waals surface area contributed by atoms with Crippen LogP contribution in [0, 0.1) is 0 Å². The van der Waals surface area contributed by atoms with Gasteiger partial charge >= 0.3 is 0 Å². The molecule has 1 aliphatic carbocycles. The van der Waals surface area contributed by atoms with Crippen LogP contribution >= 0.6 is 0 Å². The maximum atomic E-state index is 12.0. The van der Waals surface area contributed by atoms with Gasteiger partial charge < -0.3 is 5.32 Å². The van der Waals surface area contributed by atoms with Crippen molar-refractivity contribution >= 4 is 5.78 Å². The molecule has 18 heavy (non-hydrogen) atoms. The van der Waals surface area contributed by atoms with E-state index in [1.807, 2.05) is 24.3 Å². The monoisotopic (exact) mass is 245 g/mol. The van der Waals surface area contributed by atoms with Gasteiger partial charge in [0.1, 0.15) is 0 Å². The van der Waals surface area contributed by atoms with E-state index in [2.05, 4.69) is 12.2 Å². The second-order valence-electron chi connectivity index (χ2n) is 5.19. The highest BCUT2D eigenvalue weighted by molar-refractivity contribution is 5.97. The number of Topliss-reactive ketones (excluding diaryl/α,β-unsaturated/α-hetero) is 1. The Balaban J connectivity index is 1.82. The molecule has 1 aromatic rings. The van der Waals surface area contributed by atoms with Crippen LogP contribution in [0.2, 0.25) is 0 Å². The number of aryl methyl sites for hydroxylation is 1. The van der Waals surface area contributed by atoms with Gasteiger partial charge in [-0.2, -0.15) is 0 Å². The van der Waals surface area contributed by atoms with E-state index in [0.29, 0.717) is 12.6 Å². The third kappa shape index (κ3) is 3.67. The third-order valence-electron chi connectivity index (χ3n) is 3.84. The van der Waals surface area contributed by atoms with Gasteiger partial charge in [0.2, 0.25) is 0 Å². The Morgan fingerprint density at radius 3 is 2.44 bits per heavy atom. The molecular formula is C16H23NO. The fourth-order valence-corrected chi connectivity index (χ4v) is 2.57. The van der Waals surface area contributed by atoms with E-state index in [-0.39, 0.29) is 5.78 Å². The second kappa shape index (κ2) is 6.69. The van der Waals surface area contributed by atoms with E-state index in [4.69, 9.17) is 0 Å². The summed E-state index contributed by atoms with van der Waals surface area (Å²) in [6.45, 7) is 2.61. The van der Waals surface area contributed by atoms with Crippen LogP contribution in [0.4, 0.5) is 0 Å². The van der Waals surface area contributed by atoms with Crippen LogP contribution in [0.25, 0.3) is 0 Å². The number of hydrogen-bond acceptors (Lipinski definition) is 2. The Morgan fingerprint density at radius 2 is 1.83 bits per heavy atom. The van der Waals surface area contributed by atoms with Gasteiger partial charge in [0.15, 0.2) is 5.78 Å². The summed E-state index contributed by atoms with van der Waals surface area (Å²) in [5, 5.41) is 3.40. The zero-order valence-corrected chi connectivity index (χ0v) is 11.2. The van der Waals surface area contributed by atoms with Crippen LogP contribution in [0.5, 0.6) is 0 Å². The highest BCUT2D eigenvalue weighted by Gasteiger charge is 2.14. The van der Waals surface area contributed by atoms with Crippen molar-refractivity contribution in [3.63, 3.8) is 0 Å². The highest BCUT2D eigenvalue weighted by atomic mass is 16.1. The van der Waals surface area contributed by atoms with Crippen molar-refractivity contribution in [3.8, 4) is 0 Å². The number of ketones is 1. The normalized spacial score (nSPS) is 16.7. The van der Waals surface area contributed by atoms with E-state index in [1.165, 1.54) is 37.7 Å². The molecule has 98 valence electrons. The van der Waals surface area contributed by atoms with Crippen molar-refractivity contribution in [3.05, 3.63) is 35.4 Å². The molecule has 1 N–H and O–H groups in total. The van der Waals surface area contributed by atoms with Gasteiger partial charge in [-0.3, -0.25) is 4.79 Å². The molecule has 0 radical (unpaired) electrons. The molecule has 0 amide bonds. The minimum Gasteiger partial charge on any atom is -0.307 e. The van der Waals surface area contributed by atoms with E-state index >= 15 is 0 Å². The lowest BCUT2D eigenvalue weighted by Gasteiger charge is -2.22. The lowest BCUT2D eigenvalue weighted by molar-refractivity contribution is 0.0984. The SMILES string of the molecule is CCc1ccc(C(=O)CNC2CCCCC2)cc1. The Hall–Kier alpha value is -1.15. The standard InChI is InChI=1S/C16H23NO/c1-2-13-8-10-14(11-9-13)16(18)12-17-15-6-4-3-5-7-15/h8-11,15,17H,2-7,12H2,1H3. The Morgan fingerprint density at radius 1 is 1.17 bits per heavy atom. The third-order valence-corrected chi connectivity index (χ3v) is 3.84. The van der Waals surface area contributed by atoms with E-state index in [1.54, 1.807) is 0 Å². The van der Waals surface area contributed by atoms with Gasteiger partial charge in [-0.05, 0) is 24.8 Å². The maximum Gasteiger partial charge on any atom is 0.176 e. The smallest absolute Gasteiger partial charge is 0.176 e. The quantitative estimate of drug-likeness (QED) is 0.806. The molecule has 0 unspecified atom stereocenters. The van der Waals surface area contributed by atoms with Crippen LogP contribution in [0.1, 0.15) is 54.9 Å². The molecule has 0 aromatic heterocycles. The fraction of sp³-hybridized carbons (Fsp3) is 0.562. The number of carbonyl (C=O) groups excluding carboxylic acids is 1. The van der Waals surface area contributed by atoms with Crippen molar-refractivity contribution in [2.75, 3.05) is 6.54 Å². The molecule has 0 aliphatic heterocycles. The van der Waals surface area contributed by atoms with Crippen molar-refractivity contribution < 1.29 is 4.79 Å². The van der Waals surface area contributed by atoms with E-state index in [0.717, 1.165) is 12.0 Å². The molecule has 0 heterocycles. The predicted molar refractivity (Wildman–Crippen MR) is 75.0 cm³/mol. The zero-order chi connectivity index (χ0) is 12.8. The molecule has 1 fully saturated rings.